The largest absolute Gasteiger partial charge is 0.497 e. The quantitative estimate of drug-likeness (QED) is 0.791. The van der Waals surface area contributed by atoms with Gasteiger partial charge in [-0.05, 0) is 30.0 Å². The summed E-state index contributed by atoms with van der Waals surface area (Å²) in [4.78, 5) is 12.0. The lowest BCUT2D eigenvalue weighted by Gasteiger charge is -2.16. The zero-order valence-corrected chi connectivity index (χ0v) is 12.0. The first-order valence-corrected chi connectivity index (χ1v) is 6.67. The van der Waals surface area contributed by atoms with Gasteiger partial charge in [-0.2, -0.15) is 0 Å². The monoisotopic (exact) mass is 264 g/mol. The number of nitrogens with two attached hydrogens (primary N) is 1. The molecule has 0 saturated carbocycles. The molecule has 1 unspecified atom stereocenters. The first-order valence-electron chi connectivity index (χ1n) is 6.67. The average molecular weight is 264 g/mol. The van der Waals surface area contributed by atoms with E-state index in [2.05, 4.69) is 19.2 Å². The standard InChI is InChI=1S/C15H24N2O2/c1-11(2)8-13(9-16)15(18)17-10-12-4-6-14(19-3)7-5-12/h4-7,11,13H,8-10,16H2,1-3H3,(H,17,18). The summed E-state index contributed by atoms with van der Waals surface area (Å²) in [6, 6.07) is 7.66. The van der Waals surface area contributed by atoms with Crippen LogP contribution in [0.3, 0.4) is 0 Å². The molecule has 3 N–H and O–H groups in total. The van der Waals surface area contributed by atoms with Crippen molar-refractivity contribution in [3.8, 4) is 5.75 Å². The molecule has 0 aliphatic heterocycles. The molecule has 1 aromatic rings. The van der Waals surface area contributed by atoms with Gasteiger partial charge in [-0.1, -0.05) is 26.0 Å². The number of methoxy groups -OCH3 is 1. The van der Waals surface area contributed by atoms with Gasteiger partial charge in [0.25, 0.3) is 0 Å². The molecule has 1 rings (SSSR count). The van der Waals surface area contributed by atoms with Crippen LogP contribution >= 0.6 is 0 Å². The molecular weight excluding hydrogens is 240 g/mol. The zero-order chi connectivity index (χ0) is 14.3. The van der Waals surface area contributed by atoms with Crippen LogP contribution in [0.25, 0.3) is 0 Å². The number of benzene rings is 1. The van der Waals surface area contributed by atoms with E-state index in [-0.39, 0.29) is 11.8 Å². The molecule has 0 aliphatic rings. The zero-order valence-electron chi connectivity index (χ0n) is 12.0. The van der Waals surface area contributed by atoms with E-state index in [1.165, 1.54) is 0 Å². The number of carbonyl (C=O) groups is 1. The summed E-state index contributed by atoms with van der Waals surface area (Å²) in [7, 11) is 1.63. The van der Waals surface area contributed by atoms with Crippen LogP contribution in [0.15, 0.2) is 24.3 Å². The summed E-state index contributed by atoms with van der Waals surface area (Å²) in [5, 5.41) is 2.93. The lowest BCUT2D eigenvalue weighted by molar-refractivity contribution is -0.125. The molecule has 1 amide bonds. The molecule has 106 valence electrons. The Kier molecular flexibility index (Phi) is 6.36. The van der Waals surface area contributed by atoms with Gasteiger partial charge >= 0.3 is 0 Å². The SMILES string of the molecule is COc1ccc(CNC(=O)C(CN)CC(C)C)cc1. The van der Waals surface area contributed by atoms with E-state index in [0.29, 0.717) is 19.0 Å². The molecule has 0 aromatic heterocycles. The normalized spacial score (nSPS) is 12.3. The molecule has 0 saturated heterocycles. The highest BCUT2D eigenvalue weighted by Gasteiger charge is 2.17. The molecule has 4 heteroatoms. The Labute approximate surface area is 115 Å². The predicted octanol–water partition coefficient (Wildman–Crippen LogP) is 1.93. The second-order valence-electron chi connectivity index (χ2n) is 5.13. The fourth-order valence-electron chi connectivity index (χ4n) is 1.96. The lowest BCUT2D eigenvalue weighted by Crippen LogP contribution is -2.35. The van der Waals surface area contributed by atoms with Crippen LogP contribution in [0.5, 0.6) is 5.75 Å². The number of ether oxygens (including phenoxy) is 1. The number of carbonyl (C=O) groups excluding carboxylic acids is 1. The second kappa shape index (κ2) is 7.79. The summed E-state index contributed by atoms with van der Waals surface area (Å²) >= 11 is 0. The van der Waals surface area contributed by atoms with Crippen LogP contribution < -0.4 is 15.8 Å². The summed E-state index contributed by atoms with van der Waals surface area (Å²) in [6.07, 6.45) is 0.824. The van der Waals surface area contributed by atoms with Gasteiger partial charge in [0.1, 0.15) is 5.75 Å². The molecule has 4 nitrogen and oxygen atoms in total. The Balaban J connectivity index is 2.47. The maximum absolute atomic E-state index is 12.0. The maximum atomic E-state index is 12.0. The van der Waals surface area contributed by atoms with E-state index in [9.17, 15) is 4.79 Å². The van der Waals surface area contributed by atoms with Crippen LogP contribution in [0.1, 0.15) is 25.8 Å². The van der Waals surface area contributed by atoms with Crippen molar-refractivity contribution in [2.75, 3.05) is 13.7 Å². The van der Waals surface area contributed by atoms with Crippen molar-refractivity contribution in [3.05, 3.63) is 29.8 Å². The van der Waals surface area contributed by atoms with E-state index < -0.39 is 0 Å². The Morgan fingerprint density at radius 1 is 1.32 bits per heavy atom. The topological polar surface area (TPSA) is 64.3 Å². The first-order chi connectivity index (χ1) is 9.06. The van der Waals surface area contributed by atoms with Crippen molar-refractivity contribution in [3.63, 3.8) is 0 Å². The Morgan fingerprint density at radius 2 is 1.95 bits per heavy atom. The van der Waals surface area contributed by atoms with Gasteiger partial charge in [-0.25, -0.2) is 0 Å². The minimum Gasteiger partial charge on any atom is -0.497 e. The van der Waals surface area contributed by atoms with E-state index in [1.807, 2.05) is 24.3 Å². The number of hydrogen-bond donors (Lipinski definition) is 2. The number of amides is 1. The third kappa shape index (κ3) is 5.30. The lowest BCUT2D eigenvalue weighted by atomic mass is 9.96. The van der Waals surface area contributed by atoms with Gasteiger partial charge in [0.05, 0.1) is 13.0 Å². The second-order valence-corrected chi connectivity index (χ2v) is 5.13. The number of nitrogens with one attached hydrogen (secondary N) is 1. The molecule has 1 atom stereocenters. The van der Waals surface area contributed by atoms with Gasteiger partial charge in [0.15, 0.2) is 0 Å². The smallest absolute Gasteiger partial charge is 0.224 e. The predicted molar refractivity (Wildman–Crippen MR) is 76.8 cm³/mol. The molecular formula is C15H24N2O2. The van der Waals surface area contributed by atoms with Gasteiger partial charge in [-0.3, -0.25) is 4.79 Å². The van der Waals surface area contributed by atoms with E-state index in [0.717, 1.165) is 17.7 Å². The van der Waals surface area contributed by atoms with Gasteiger partial charge < -0.3 is 15.8 Å². The van der Waals surface area contributed by atoms with Crippen LogP contribution in [0.4, 0.5) is 0 Å². The van der Waals surface area contributed by atoms with Crippen LogP contribution in [-0.2, 0) is 11.3 Å². The number of hydrogen-bond acceptors (Lipinski definition) is 3. The Morgan fingerprint density at radius 3 is 2.42 bits per heavy atom. The van der Waals surface area contributed by atoms with Crippen molar-refractivity contribution in [2.45, 2.75) is 26.8 Å². The fourth-order valence-corrected chi connectivity index (χ4v) is 1.96. The highest BCUT2D eigenvalue weighted by molar-refractivity contribution is 5.78. The Hall–Kier alpha value is -1.55. The van der Waals surface area contributed by atoms with Gasteiger partial charge in [-0.15, -0.1) is 0 Å². The van der Waals surface area contributed by atoms with Crippen LogP contribution in [-0.4, -0.2) is 19.6 Å². The van der Waals surface area contributed by atoms with Gasteiger partial charge in [0, 0.05) is 13.1 Å². The van der Waals surface area contributed by atoms with Crippen molar-refractivity contribution in [1.82, 2.24) is 5.32 Å². The molecule has 0 heterocycles. The summed E-state index contributed by atoms with van der Waals surface area (Å²) in [6.45, 7) is 5.11. The van der Waals surface area contributed by atoms with Crippen LogP contribution in [0, 0.1) is 11.8 Å². The molecule has 1 aromatic carbocycles. The summed E-state index contributed by atoms with van der Waals surface area (Å²) < 4.78 is 5.09. The fraction of sp³-hybridized carbons (Fsp3) is 0.533. The molecule has 0 spiro atoms. The van der Waals surface area contributed by atoms with E-state index in [1.54, 1.807) is 7.11 Å². The van der Waals surface area contributed by atoms with Crippen LogP contribution in [0.2, 0.25) is 0 Å². The maximum Gasteiger partial charge on any atom is 0.224 e. The van der Waals surface area contributed by atoms with E-state index in [4.69, 9.17) is 10.5 Å². The summed E-state index contributed by atoms with van der Waals surface area (Å²) in [5.74, 6) is 1.22. The van der Waals surface area contributed by atoms with Crippen molar-refractivity contribution < 1.29 is 9.53 Å². The molecule has 0 aliphatic carbocycles. The highest BCUT2D eigenvalue weighted by atomic mass is 16.5. The highest BCUT2D eigenvalue weighted by Crippen LogP contribution is 2.13. The minimum atomic E-state index is -0.0988. The van der Waals surface area contributed by atoms with E-state index >= 15 is 0 Å². The molecule has 0 fully saturated rings. The van der Waals surface area contributed by atoms with Crippen molar-refractivity contribution >= 4 is 5.91 Å². The average Bonchev–Trinajstić information content (AvgIpc) is 2.42. The molecule has 0 radical (unpaired) electrons. The first kappa shape index (κ1) is 15.5. The van der Waals surface area contributed by atoms with Crippen molar-refractivity contribution in [1.29, 1.82) is 0 Å². The molecule has 19 heavy (non-hydrogen) atoms. The summed E-state index contributed by atoms with van der Waals surface area (Å²) in [5.41, 5.74) is 6.70. The van der Waals surface area contributed by atoms with Crippen molar-refractivity contribution in [2.24, 2.45) is 17.6 Å². The number of rotatable bonds is 7. The Bertz CT molecular complexity index is 388. The third-order valence-corrected chi connectivity index (χ3v) is 3.04. The minimum absolute atomic E-state index is 0.0343. The molecule has 0 bridgehead atoms. The third-order valence-electron chi connectivity index (χ3n) is 3.04. The van der Waals surface area contributed by atoms with Gasteiger partial charge in [0.2, 0.25) is 5.91 Å².